The van der Waals surface area contributed by atoms with Crippen LogP contribution in [-0.4, -0.2) is 40.2 Å². The highest BCUT2D eigenvalue weighted by Crippen LogP contribution is 2.19. The Morgan fingerprint density at radius 3 is 2.36 bits per heavy atom. The van der Waals surface area contributed by atoms with Gasteiger partial charge in [0.05, 0.1) is 0 Å². The molecule has 0 aliphatic rings. The molecule has 18 nitrogen and oxygen atoms in total. The Bertz CT molecular complexity index is 576. The molecule has 0 bridgehead atoms. The summed E-state index contributed by atoms with van der Waals surface area (Å²) in [6.07, 6.45) is 0. The van der Waals surface area contributed by atoms with Crippen molar-refractivity contribution in [3.63, 3.8) is 0 Å². The van der Waals surface area contributed by atoms with Crippen molar-refractivity contribution in [3.8, 4) is 0 Å². The number of hydrogen-bond donors (Lipinski definition) is 4. The minimum atomic E-state index is -1.05. The first-order chi connectivity index (χ1) is 10.6. The third kappa shape index (κ3) is 5.33. The summed E-state index contributed by atoms with van der Waals surface area (Å²) in [5, 5.41) is 36.3. The number of nitrogens with zero attached hydrogens (tertiary/aromatic N) is 10. The maximum Gasteiger partial charge on any atom is 0.478 e. The molecule has 2 rings (SSSR count). The topological polar surface area (TPSA) is 291 Å². The van der Waals surface area contributed by atoms with Gasteiger partial charge in [0, 0.05) is 12.4 Å². The number of tetrazole rings is 1. The summed E-state index contributed by atoms with van der Waals surface area (Å²) in [7, 11) is 0. The summed E-state index contributed by atoms with van der Waals surface area (Å²) in [5.74, 6) is 12.7. The molecule has 2 heterocycles. The Morgan fingerprint density at radius 2 is 1.91 bits per heavy atom. The van der Waals surface area contributed by atoms with Crippen LogP contribution in [0.2, 0.25) is 0 Å². The van der Waals surface area contributed by atoms with Crippen molar-refractivity contribution in [1.82, 2.24) is 35.4 Å². The Labute approximate surface area is 120 Å². The average Bonchev–Trinajstić information content (AvgIpc) is 3.14. The highest BCUT2D eigenvalue weighted by molar-refractivity contribution is 5.30. The standard InChI is InChI=1S/C4H2N10O4.2H4N2/c15-13(16)4-5-3(9-14(17)18)12(8-4)1-2-6-10-11-7-2;2*1-2/h1H2;2*1-2H2/q-2;;/p+2. The van der Waals surface area contributed by atoms with Crippen molar-refractivity contribution in [2.24, 2.45) is 11.7 Å². The molecule has 0 aromatic carbocycles. The fraction of sp³-hybridized carbons (Fsp3) is 0.250. The van der Waals surface area contributed by atoms with Crippen LogP contribution in [0.25, 0.3) is 5.43 Å². The van der Waals surface area contributed by atoms with Crippen molar-refractivity contribution in [1.29, 1.82) is 0 Å². The van der Waals surface area contributed by atoms with Gasteiger partial charge in [-0.05, 0) is 15.4 Å². The van der Waals surface area contributed by atoms with E-state index >= 15 is 0 Å². The van der Waals surface area contributed by atoms with Crippen LogP contribution in [0.1, 0.15) is 5.82 Å². The summed E-state index contributed by atoms with van der Waals surface area (Å²) in [6.45, 7) is -0.222. The molecule has 0 atom stereocenters. The molecule has 0 saturated carbocycles. The Morgan fingerprint density at radius 1 is 1.27 bits per heavy atom. The van der Waals surface area contributed by atoms with Crippen molar-refractivity contribution in [2.75, 3.05) is 0 Å². The molecule has 2 aromatic heterocycles. The van der Waals surface area contributed by atoms with E-state index in [-0.39, 0.29) is 12.4 Å². The minimum absolute atomic E-state index is 0.0644. The second-order valence-corrected chi connectivity index (χ2v) is 2.76. The SMILES string of the molecule is N[NH3+].N[NH3+].O=[N+]([O-])[N-]c1nc([N+](=O)[O-])nn1Cc1nnn[n-]1. The quantitative estimate of drug-likeness (QED) is 0.228. The third-order valence-corrected chi connectivity index (χ3v) is 1.63. The van der Waals surface area contributed by atoms with E-state index in [2.05, 4.69) is 59.5 Å². The van der Waals surface area contributed by atoms with E-state index in [4.69, 9.17) is 0 Å². The number of hydrogen-bond acceptors (Lipinski definition) is 11. The zero-order valence-electron chi connectivity index (χ0n) is 10.9. The van der Waals surface area contributed by atoms with Crippen LogP contribution < -0.4 is 28.5 Å². The van der Waals surface area contributed by atoms with Gasteiger partial charge in [0.2, 0.25) is 0 Å². The third-order valence-electron chi connectivity index (χ3n) is 1.63. The van der Waals surface area contributed by atoms with Gasteiger partial charge in [-0.3, -0.25) is 22.0 Å². The molecule has 122 valence electrons. The summed E-state index contributed by atoms with van der Waals surface area (Å²) in [6, 6.07) is 0. The van der Waals surface area contributed by atoms with Gasteiger partial charge in [0.25, 0.3) is 5.95 Å². The van der Waals surface area contributed by atoms with E-state index in [0.717, 1.165) is 4.68 Å². The van der Waals surface area contributed by atoms with Gasteiger partial charge in [-0.1, -0.05) is 4.98 Å². The molecule has 0 amide bonds. The van der Waals surface area contributed by atoms with Gasteiger partial charge >= 0.3 is 5.95 Å². The molecule has 10 N–H and O–H groups in total. The maximum atomic E-state index is 10.5. The second kappa shape index (κ2) is 9.54. The molecule has 2 aromatic rings. The van der Waals surface area contributed by atoms with E-state index in [1.165, 1.54) is 0 Å². The van der Waals surface area contributed by atoms with Crippen molar-refractivity contribution >= 4 is 11.9 Å². The van der Waals surface area contributed by atoms with Crippen LogP contribution in [-0.2, 0) is 6.54 Å². The molecular formula is C4H12N14O4. The summed E-state index contributed by atoms with van der Waals surface area (Å²) in [5.41, 5.74) is 2.85. The summed E-state index contributed by atoms with van der Waals surface area (Å²) < 4.78 is 0.805. The van der Waals surface area contributed by atoms with Crippen molar-refractivity contribution < 1.29 is 21.6 Å². The van der Waals surface area contributed by atoms with E-state index < -0.39 is 21.9 Å². The number of aromatic nitrogens is 7. The highest BCUT2D eigenvalue weighted by Gasteiger charge is 2.20. The molecule has 0 fully saturated rings. The fourth-order valence-corrected chi connectivity index (χ4v) is 1.01. The lowest BCUT2D eigenvalue weighted by atomic mass is 10.6. The molecule has 0 aliphatic heterocycles. The molecular weight excluding hydrogens is 308 g/mol. The molecule has 0 spiro atoms. The molecule has 0 unspecified atom stereocenters. The fourth-order valence-electron chi connectivity index (χ4n) is 1.01. The lowest BCUT2D eigenvalue weighted by Crippen LogP contribution is -2.59. The van der Waals surface area contributed by atoms with E-state index in [9.17, 15) is 20.2 Å². The van der Waals surface area contributed by atoms with Crippen LogP contribution in [0.15, 0.2) is 0 Å². The van der Waals surface area contributed by atoms with Gasteiger partial charge in [-0.25, -0.2) is 14.8 Å². The molecule has 0 radical (unpaired) electrons. The minimum Gasteiger partial charge on any atom is -0.390 e. The van der Waals surface area contributed by atoms with Crippen LogP contribution in [0.5, 0.6) is 0 Å². The highest BCUT2D eigenvalue weighted by atomic mass is 16.7. The van der Waals surface area contributed by atoms with Crippen LogP contribution in [0.4, 0.5) is 11.9 Å². The van der Waals surface area contributed by atoms with Gasteiger partial charge in [-0.2, -0.15) is 16.9 Å². The first-order valence-electron chi connectivity index (χ1n) is 5.01. The number of rotatable bonds is 5. The zero-order valence-corrected chi connectivity index (χ0v) is 10.9. The first kappa shape index (κ1) is 18.7. The van der Waals surface area contributed by atoms with Crippen LogP contribution in [0.3, 0.4) is 0 Å². The predicted molar refractivity (Wildman–Crippen MR) is 63.1 cm³/mol. The lowest BCUT2D eigenvalue weighted by Gasteiger charge is -2.01. The number of nitro groups is 2. The summed E-state index contributed by atoms with van der Waals surface area (Å²) in [4.78, 5) is 23.1. The monoisotopic (exact) mass is 320 g/mol. The largest absolute Gasteiger partial charge is 0.478 e. The van der Waals surface area contributed by atoms with Crippen molar-refractivity contribution in [3.05, 3.63) is 31.5 Å². The second-order valence-electron chi connectivity index (χ2n) is 2.76. The van der Waals surface area contributed by atoms with Gasteiger partial charge in [-0.15, -0.1) is 0 Å². The van der Waals surface area contributed by atoms with E-state index in [1.807, 2.05) is 0 Å². The molecule has 18 heteroatoms. The van der Waals surface area contributed by atoms with Gasteiger partial charge in [0.1, 0.15) is 5.03 Å². The lowest BCUT2D eigenvalue weighted by molar-refractivity contribution is -0.420. The zero-order chi connectivity index (χ0) is 17.1. The van der Waals surface area contributed by atoms with E-state index in [1.54, 1.807) is 0 Å². The normalized spacial score (nSPS) is 8.91. The Balaban J connectivity index is 0.00000102. The van der Waals surface area contributed by atoms with Crippen LogP contribution in [0, 0.1) is 20.2 Å². The van der Waals surface area contributed by atoms with Crippen LogP contribution >= 0.6 is 0 Å². The summed E-state index contributed by atoms with van der Waals surface area (Å²) >= 11 is 0. The van der Waals surface area contributed by atoms with E-state index in [0.29, 0.717) is 0 Å². The van der Waals surface area contributed by atoms with Crippen molar-refractivity contribution in [2.45, 2.75) is 6.54 Å². The maximum absolute atomic E-state index is 10.5. The smallest absolute Gasteiger partial charge is 0.390 e. The number of nitrogens with two attached hydrogens (primary N) is 2. The molecule has 22 heavy (non-hydrogen) atoms. The molecule has 0 aliphatic carbocycles. The number of quaternary nitrogens is 2. The molecule has 0 saturated heterocycles. The Hall–Kier alpha value is -3.35. The van der Waals surface area contributed by atoms with Gasteiger partial charge < -0.3 is 15.2 Å². The Kier molecular flexibility index (Phi) is 8.09. The first-order valence-corrected chi connectivity index (χ1v) is 5.01. The van der Waals surface area contributed by atoms with Gasteiger partial charge in [0.15, 0.2) is 0 Å². The predicted octanol–water partition coefficient (Wildman–Crippen LogP) is -5.22. The average molecular weight is 320 g/mol.